The first-order chi connectivity index (χ1) is 7.07. The molecule has 0 aliphatic carbocycles. The molecule has 0 radical (unpaired) electrons. The number of carboxylic acid groups (broad SMARTS) is 1. The number of carboxylic acids is 1. The molecule has 0 heterocycles. The van der Waals surface area contributed by atoms with E-state index in [9.17, 15) is 9.59 Å². The number of hydrogen-bond donors (Lipinski definition) is 1. The number of ether oxygens (including phenoxy) is 1. The van der Waals surface area contributed by atoms with Gasteiger partial charge in [-0.05, 0) is 13.3 Å². The van der Waals surface area contributed by atoms with Crippen molar-refractivity contribution in [3.8, 4) is 0 Å². The van der Waals surface area contributed by atoms with Crippen LogP contribution in [0.1, 0.15) is 39.5 Å². The van der Waals surface area contributed by atoms with Crippen molar-refractivity contribution >= 4 is 11.9 Å². The average Bonchev–Trinajstić information content (AvgIpc) is 2.16. The smallest absolute Gasteiger partial charge is 0.333 e. The summed E-state index contributed by atoms with van der Waals surface area (Å²) in [5, 5.41) is 8.39. The van der Waals surface area contributed by atoms with E-state index in [1.807, 2.05) is 0 Å². The Morgan fingerprint density at radius 1 is 1.27 bits per heavy atom. The minimum absolute atomic E-state index is 0.123. The lowest BCUT2D eigenvalue weighted by molar-refractivity contribution is -0.140. The molecule has 0 amide bonds. The number of unbranched alkanes of at least 4 members (excludes halogenated alkanes) is 3. The van der Waals surface area contributed by atoms with Gasteiger partial charge in [0.1, 0.15) is 0 Å². The molecule has 0 aromatic carbocycles. The molecule has 0 spiro atoms. The molecular weight excluding hydrogens is 196 g/mol. The van der Waals surface area contributed by atoms with Gasteiger partial charge in [0.25, 0.3) is 0 Å². The third-order valence-electron chi connectivity index (χ3n) is 1.89. The fourth-order valence-corrected chi connectivity index (χ4v) is 1.05. The van der Waals surface area contributed by atoms with Gasteiger partial charge in [-0.2, -0.15) is 0 Å². The molecule has 0 aromatic rings. The molecule has 0 rings (SSSR count). The van der Waals surface area contributed by atoms with Crippen LogP contribution < -0.4 is 0 Å². The van der Waals surface area contributed by atoms with Crippen LogP contribution >= 0.6 is 0 Å². The van der Waals surface area contributed by atoms with Gasteiger partial charge in [0.05, 0.1) is 6.61 Å². The maximum absolute atomic E-state index is 11.2. The first-order valence-corrected chi connectivity index (χ1v) is 5.16. The molecule has 4 nitrogen and oxygen atoms in total. The largest absolute Gasteiger partial charge is 0.478 e. The number of carbonyl (C=O) groups is 2. The summed E-state index contributed by atoms with van der Waals surface area (Å²) in [6.45, 7) is 3.90. The van der Waals surface area contributed by atoms with Crippen LogP contribution in [0.5, 0.6) is 0 Å². The summed E-state index contributed by atoms with van der Waals surface area (Å²) >= 11 is 0. The molecule has 0 aliphatic rings. The highest BCUT2D eigenvalue weighted by molar-refractivity contribution is 5.95. The van der Waals surface area contributed by atoms with Gasteiger partial charge in [0.2, 0.25) is 0 Å². The Labute approximate surface area is 89.9 Å². The summed E-state index contributed by atoms with van der Waals surface area (Å²) in [6.07, 6.45) is 4.98. The third-order valence-corrected chi connectivity index (χ3v) is 1.89. The van der Waals surface area contributed by atoms with E-state index in [4.69, 9.17) is 9.84 Å². The third kappa shape index (κ3) is 7.73. The highest BCUT2D eigenvalue weighted by atomic mass is 16.5. The normalized spacial score (nSPS) is 11.2. The van der Waals surface area contributed by atoms with Crippen LogP contribution in [0.4, 0.5) is 0 Å². The lowest BCUT2D eigenvalue weighted by atomic mass is 10.2. The van der Waals surface area contributed by atoms with Gasteiger partial charge in [0, 0.05) is 11.6 Å². The van der Waals surface area contributed by atoms with E-state index >= 15 is 0 Å². The topological polar surface area (TPSA) is 63.6 Å². The predicted octanol–water partition coefficient (Wildman–Crippen LogP) is 2.14. The quantitative estimate of drug-likeness (QED) is 0.400. The fourth-order valence-electron chi connectivity index (χ4n) is 1.05. The predicted molar refractivity (Wildman–Crippen MR) is 56.5 cm³/mol. The lowest BCUT2D eigenvalue weighted by Gasteiger charge is -2.03. The monoisotopic (exact) mass is 214 g/mol. The maximum Gasteiger partial charge on any atom is 0.333 e. The summed E-state index contributed by atoms with van der Waals surface area (Å²) in [5.41, 5.74) is 0.123. The SMILES string of the molecule is CCCCCCOC(=O)C(C)=CC(=O)O. The van der Waals surface area contributed by atoms with Crippen LogP contribution in [-0.4, -0.2) is 23.7 Å². The molecule has 15 heavy (non-hydrogen) atoms. The molecule has 0 aromatic heterocycles. The van der Waals surface area contributed by atoms with Crippen molar-refractivity contribution in [2.24, 2.45) is 0 Å². The molecule has 0 aliphatic heterocycles. The Morgan fingerprint density at radius 3 is 2.47 bits per heavy atom. The van der Waals surface area contributed by atoms with Gasteiger partial charge in [0.15, 0.2) is 0 Å². The van der Waals surface area contributed by atoms with Crippen molar-refractivity contribution in [1.82, 2.24) is 0 Å². The minimum Gasteiger partial charge on any atom is -0.478 e. The van der Waals surface area contributed by atoms with Crippen molar-refractivity contribution in [1.29, 1.82) is 0 Å². The number of esters is 1. The second-order valence-corrected chi connectivity index (χ2v) is 3.36. The minimum atomic E-state index is -1.13. The maximum atomic E-state index is 11.2. The molecule has 0 fully saturated rings. The Kier molecular flexibility index (Phi) is 7.32. The van der Waals surface area contributed by atoms with Crippen molar-refractivity contribution in [3.05, 3.63) is 11.6 Å². The number of hydrogen-bond acceptors (Lipinski definition) is 3. The Balaban J connectivity index is 3.70. The van der Waals surface area contributed by atoms with Crippen LogP contribution in [0, 0.1) is 0 Å². The molecular formula is C11H18O4. The van der Waals surface area contributed by atoms with Crippen molar-refractivity contribution in [2.45, 2.75) is 39.5 Å². The fraction of sp³-hybridized carbons (Fsp3) is 0.636. The van der Waals surface area contributed by atoms with Gasteiger partial charge >= 0.3 is 11.9 Å². The standard InChI is InChI=1S/C11H18O4/c1-3-4-5-6-7-15-11(14)9(2)8-10(12)13/h8H,3-7H2,1-2H3,(H,12,13). The van der Waals surface area contributed by atoms with Gasteiger partial charge in [-0.3, -0.25) is 0 Å². The Hall–Kier alpha value is -1.32. The van der Waals surface area contributed by atoms with Crippen molar-refractivity contribution < 1.29 is 19.4 Å². The van der Waals surface area contributed by atoms with Crippen LogP contribution in [0.25, 0.3) is 0 Å². The number of aliphatic carboxylic acids is 1. The Morgan fingerprint density at radius 2 is 1.93 bits per heavy atom. The van der Waals surface area contributed by atoms with Gasteiger partial charge < -0.3 is 9.84 Å². The molecule has 4 heteroatoms. The molecule has 86 valence electrons. The average molecular weight is 214 g/mol. The van der Waals surface area contributed by atoms with E-state index in [1.165, 1.54) is 6.92 Å². The summed E-state index contributed by atoms with van der Waals surface area (Å²) in [7, 11) is 0. The van der Waals surface area contributed by atoms with Crippen molar-refractivity contribution in [3.63, 3.8) is 0 Å². The second-order valence-electron chi connectivity index (χ2n) is 3.36. The molecule has 0 atom stereocenters. The first kappa shape index (κ1) is 13.7. The van der Waals surface area contributed by atoms with E-state index < -0.39 is 11.9 Å². The van der Waals surface area contributed by atoms with E-state index in [0.717, 1.165) is 31.8 Å². The summed E-state index contributed by atoms with van der Waals surface area (Å²) in [4.78, 5) is 21.4. The molecule has 0 saturated carbocycles. The van der Waals surface area contributed by atoms with E-state index in [1.54, 1.807) is 0 Å². The highest BCUT2D eigenvalue weighted by Crippen LogP contribution is 2.01. The van der Waals surface area contributed by atoms with Crippen LogP contribution in [-0.2, 0) is 14.3 Å². The van der Waals surface area contributed by atoms with E-state index in [2.05, 4.69) is 6.92 Å². The summed E-state index contributed by atoms with van der Waals surface area (Å²) in [5.74, 6) is -1.68. The van der Waals surface area contributed by atoms with E-state index in [-0.39, 0.29) is 5.57 Å². The van der Waals surface area contributed by atoms with Crippen LogP contribution in [0.2, 0.25) is 0 Å². The number of carbonyl (C=O) groups excluding carboxylic acids is 1. The molecule has 1 N–H and O–H groups in total. The number of rotatable bonds is 7. The highest BCUT2D eigenvalue weighted by Gasteiger charge is 2.06. The molecule has 0 saturated heterocycles. The van der Waals surface area contributed by atoms with E-state index in [0.29, 0.717) is 6.61 Å². The van der Waals surface area contributed by atoms with Gasteiger partial charge in [-0.25, -0.2) is 9.59 Å². The zero-order valence-corrected chi connectivity index (χ0v) is 9.28. The zero-order valence-electron chi connectivity index (χ0n) is 9.28. The second kappa shape index (κ2) is 8.03. The van der Waals surface area contributed by atoms with Crippen LogP contribution in [0.3, 0.4) is 0 Å². The molecule has 0 bridgehead atoms. The summed E-state index contributed by atoms with van der Waals surface area (Å²) < 4.78 is 4.88. The van der Waals surface area contributed by atoms with Gasteiger partial charge in [-0.1, -0.05) is 26.2 Å². The molecule has 0 unspecified atom stereocenters. The Bertz CT molecular complexity index is 243. The summed E-state index contributed by atoms with van der Waals surface area (Å²) in [6, 6.07) is 0. The van der Waals surface area contributed by atoms with Crippen molar-refractivity contribution in [2.75, 3.05) is 6.61 Å². The zero-order chi connectivity index (χ0) is 11.7. The first-order valence-electron chi connectivity index (χ1n) is 5.16. The van der Waals surface area contributed by atoms with Gasteiger partial charge in [-0.15, -0.1) is 0 Å². The van der Waals surface area contributed by atoms with Crippen LogP contribution in [0.15, 0.2) is 11.6 Å². The lowest BCUT2D eigenvalue weighted by Crippen LogP contribution is -2.08.